The average Bonchev–Trinajstić information content (AvgIpc) is 2.28. The van der Waals surface area contributed by atoms with E-state index in [4.69, 9.17) is 10.5 Å². The van der Waals surface area contributed by atoms with E-state index < -0.39 is 21.2 Å². The number of nitrogens with zero attached hydrogens (tertiary/aromatic N) is 1. The molecule has 1 aromatic carbocycles. The van der Waals surface area contributed by atoms with Crippen molar-refractivity contribution in [1.82, 2.24) is 4.31 Å². The normalized spacial score (nSPS) is 22.1. The Morgan fingerprint density at radius 2 is 1.71 bits per heavy atom. The van der Waals surface area contributed by atoms with Crippen LogP contribution in [0, 0.1) is 0 Å². The second kappa shape index (κ2) is 4.86. The van der Waals surface area contributed by atoms with Gasteiger partial charge in [0.05, 0.1) is 21.8 Å². The van der Waals surface area contributed by atoms with Crippen LogP contribution in [0.15, 0.2) is 23.1 Å². The van der Waals surface area contributed by atoms with Gasteiger partial charge in [-0.15, -0.1) is 0 Å². The van der Waals surface area contributed by atoms with Gasteiger partial charge >= 0.3 is 0 Å². The molecule has 0 atom stereocenters. The third-order valence-electron chi connectivity index (χ3n) is 3.30. The predicted octanol–water partition coefficient (Wildman–Crippen LogP) is 1.55. The molecule has 0 radical (unpaired) electrons. The fourth-order valence-corrected chi connectivity index (χ4v) is 4.51. The van der Waals surface area contributed by atoms with Gasteiger partial charge in [-0.1, -0.05) is 0 Å². The van der Waals surface area contributed by atoms with Gasteiger partial charge < -0.3 is 15.6 Å². The second-order valence-corrected chi connectivity index (χ2v) is 8.55. The van der Waals surface area contributed by atoms with Crippen molar-refractivity contribution in [3.63, 3.8) is 0 Å². The fraction of sp³-hybridized carbons (Fsp3) is 0.571. The summed E-state index contributed by atoms with van der Waals surface area (Å²) in [5, 5.41) is 9.43. The maximum absolute atomic E-state index is 12.8. The summed E-state index contributed by atoms with van der Waals surface area (Å²) in [4.78, 5) is 0.0753. The number of phenols is 1. The molecular weight excluding hydrogens is 292 g/mol. The minimum absolute atomic E-state index is 0.0443. The van der Waals surface area contributed by atoms with Crippen LogP contribution < -0.4 is 5.73 Å². The lowest BCUT2D eigenvalue weighted by Gasteiger charge is -2.46. The Morgan fingerprint density at radius 3 is 2.19 bits per heavy atom. The Balaban J connectivity index is 2.41. The number of nitrogen functional groups attached to an aromatic ring is 1. The van der Waals surface area contributed by atoms with Gasteiger partial charge in [-0.2, -0.15) is 4.31 Å². The van der Waals surface area contributed by atoms with Crippen LogP contribution >= 0.6 is 0 Å². The summed E-state index contributed by atoms with van der Waals surface area (Å²) in [7, 11) is -3.68. The van der Waals surface area contributed by atoms with E-state index in [1.54, 1.807) is 0 Å². The Hall–Kier alpha value is -1.31. The number of rotatable bonds is 2. The highest BCUT2D eigenvalue weighted by molar-refractivity contribution is 7.89. The summed E-state index contributed by atoms with van der Waals surface area (Å²) in [6.07, 6.45) is 0. The van der Waals surface area contributed by atoms with Crippen molar-refractivity contribution in [2.45, 2.75) is 43.8 Å². The molecule has 1 saturated heterocycles. The quantitative estimate of drug-likeness (QED) is 0.638. The third-order valence-corrected chi connectivity index (χ3v) is 5.09. The van der Waals surface area contributed by atoms with Crippen LogP contribution in [0.1, 0.15) is 27.7 Å². The monoisotopic (exact) mass is 314 g/mol. The number of nitrogens with two attached hydrogens (primary N) is 1. The molecule has 0 saturated carbocycles. The summed E-state index contributed by atoms with van der Waals surface area (Å²) in [6.45, 7) is 7.98. The molecule has 0 aliphatic carbocycles. The standard InChI is InChI=1S/C14H22N2O4S/c1-13(2)8-16(9-14(3,4)20-13)21(18,19)10-5-6-12(17)11(15)7-10/h5-7,17H,8-9,15H2,1-4H3. The van der Waals surface area contributed by atoms with Crippen LogP contribution in [0.4, 0.5) is 5.69 Å². The smallest absolute Gasteiger partial charge is 0.243 e. The van der Waals surface area contributed by atoms with E-state index in [-0.39, 0.29) is 29.4 Å². The molecule has 1 aliphatic rings. The number of phenolic OH excluding ortho intramolecular Hbond substituents is 1. The molecule has 0 aromatic heterocycles. The Bertz CT molecular complexity index is 637. The van der Waals surface area contributed by atoms with Crippen LogP contribution in [0.25, 0.3) is 0 Å². The molecule has 1 fully saturated rings. The first kappa shape index (κ1) is 16.1. The number of morpholine rings is 1. The predicted molar refractivity (Wildman–Crippen MR) is 80.5 cm³/mol. The first-order chi connectivity index (χ1) is 9.43. The Morgan fingerprint density at radius 1 is 1.19 bits per heavy atom. The molecule has 7 heteroatoms. The van der Waals surface area contributed by atoms with Crippen molar-refractivity contribution in [2.24, 2.45) is 0 Å². The van der Waals surface area contributed by atoms with E-state index in [0.29, 0.717) is 0 Å². The van der Waals surface area contributed by atoms with Gasteiger partial charge in [0.1, 0.15) is 5.75 Å². The van der Waals surface area contributed by atoms with E-state index in [9.17, 15) is 13.5 Å². The minimum Gasteiger partial charge on any atom is -0.506 e. The number of ether oxygens (including phenoxy) is 1. The van der Waals surface area contributed by atoms with Gasteiger partial charge in [0.15, 0.2) is 0 Å². The van der Waals surface area contributed by atoms with Crippen LogP contribution in [0.2, 0.25) is 0 Å². The van der Waals surface area contributed by atoms with E-state index >= 15 is 0 Å². The molecule has 1 heterocycles. The van der Waals surface area contributed by atoms with Gasteiger partial charge in [-0.25, -0.2) is 8.42 Å². The van der Waals surface area contributed by atoms with Gasteiger partial charge in [0, 0.05) is 13.1 Å². The molecule has 0 spiro atoms. The lowest BCUT2D eigenvalue weighted by atomic mass is 10.0. The lowest BCUT2D eigenvalue weighted by Crippen LogP contribution is -2.58. The van der Waals surface area contributed by atoms with Gasteiger partial charge in [-0.3, -0.25) is 0 Å². The van der Waals surface area contributed by atoms with Crippen LogP contribution in [-0.4, -0.2) is 42.1 Å². The number of sulfonamides is 1. The number of aromatic hydroxyl groups is 1. The first-order valence-corrected chi connectivity index (χ1v) is 8.16. The maximum atomic E-state index is 12.8. The van der Waals surface area contributed by atoms with Crippen molar-refractivity contribution >= 4 is 15.7 Å². The Labute approximate surface area is 125 Å². The molecule has 118 valence electrons. The number of hydrogen-bond donors (Lipinski definition) is 2. The molecule has 0 amide bonds. The molecule has 21 heavy (non-hydrogen) atoms. The summed E-state index contributed by atoms with van der Waals surface area (Å²) in [5.74, 6) is -0.128. The third kappa shape index (κ3) is 3.30. The lowest BCUT2D eigenvalue weighted by molar-refractivity contribution is -0.163. The van der Waals surface area contributed by atoms with Crippen molar-refractivity contribution in [3.8, 4) is 5.75 Å². The zero-order chi connectivity index (χ0) is 16.1. The van der Waals surface area contributed by atoms with E-state index in [0.717, 1.165) is 0 Å². The summed E-state index contributed by atoms with van der Waals surface area (Å²) in [5.41, 5.74) is 4.50. The highest BCUT2D eigenvalue weighted by Crippen LogP contribution is 2.33. The summed E-state index contributed by atoms with van der Waals surface area (Å²) in [6, 6.07) is 3.93. The van der Waals surface area contributed by atoms with E-state index in [1.807, 2.05) is 27.7 Å². The second-order valence-electron chi connectivity index (χ2n) is 6.62. The minimum atomic E-state index is -3.68. The SMILES string of the molecule is CC1(C)CN(S(=O)(=O)c2ccc(O)c(N)c2)CC(C)(C)O1. The summed E-state index contributed by atoms with van der Waals surface area (Å²) < 4.78 is 32.8. The molecule has 2 rings (SSSR count). The molecule has 3 N–H and O–H groups in total. The van der Waals surface area contributed by atoms with E-state index in [2.05, 4.69) is 0 Å². The van der Waals surface area contributed by atoms with Gasteiger partial charge in [0.25, 0.3) is 0 Å². The van der Waals surface area contributed by atoms with Crippen molar-refractivity contribution in [1.29, 1.82) is 0 Å². The number of benzene rings is 1. The van der Waals surface area contributed by atoms with Crippen LogP contribution in [-0.2, 0) is 14.8 Å². The van der Waals surface area contributed by atoms with Crippen molar-refractivity contribution in [3.05, 3.63) is 18.2 Å². The van der Waals surface area contributed by atoms with Crippen LogP contribution in [0.5, 0.6) is 5.75 Å². The number of anilines is 1. The highest BCUT2D eigenvalue weighted by Gasteiger charge is 2.43. The maximum Gasteiger partial charge on any atom is 0.243 e. The molecular formula is C14H22N2O4S. The van der Waals surface area contributed by atoms with Gasteiger partial charge in [-0.05, 0) is 45.9 Å². The Kier molecular flexibility index (Phi) is 3.72. The molecule has 0 unspecified atom stereocenters. The zero-order valence-electron chi connectivity index (χ0n) is 12.8. The zero-order valence-corrected chi connectivity index (χ0v) is 13.6. The molecule has 0 bridgehead atoms. The topological polar surface area (TPSA) is 92.9 Å². The first-order valence-electron chi connectivity index (χ1n) is 6.72. The largest absolute Gasteiger partial charge is 0.506 e. The fourth-order valence-electron chi connectivity index (χ4n) is 2.73. The molecule has 1 aliphatic heterocycles. The highest BCUT2D eigenvalue weighted by atomic mass is 32.2. The molecule has 1 aromatic rings. The van der Waals surface area contributed by atoms with E-state index in [1.165, 1.54) is 22.5 Å². The summed E-state index contributed by atoms with van der Waals surface area (Å²) >= 11 is 0. The van der Waals surface area contributed by atoms with Crippen molar-refractivity contribution < 1.29 is 18.3 Å². The molecule has 6 nitrogen and oxygen atoms in total. The average molecular weight is 314 g/mol. The van der Waals surface area contributed by atoms with Crippen LogP contribution in [0.3, 0.4) is 0 Å². The number of hydrogen-bond acceptors (Lipinski definition) is 5. The van der Waals surface area contributed by atoms with Crippen molar-refractivity contribution in [2.75, 3.05) is 18.8 Å². The van der Waals surface area contributed by atoms with Gasteiger partial charge in [0.2, 0.25) is 10.0 Å².